The van der Waals surface area contributed by atoms with E-state index in [9.17, 15) is 4.79 Å². The summed E-state index contributed by atoms with van der Waals surface area (Å²) in [6.45, 7) is 0. The molecule has 0 fully saturated rings. The van der Waals surface area contributed by atoms with Gasteiger partial charge in [-0.3, -0.25) is 4.98 Å². The molecule has 0 saturated carbocycles. The van der Waals surface area contributed by atoms with Crippen LogP contribution >= 0.6 is 11.8 Å². The first kappa shape index (κ1) is 13.3. The van der Waals surface area contributed by atoms with Crippen molar-refractivity contribution in [2.24, 2.45) is 0 Å². The lowest BCUT2D eigenvalue weighted by Crippen LogP contribution is -2.21. The van der Waals surface area contributed by atoms with Gasteiger partial charge in [-0.2, -0.15) is 9.36 Å². The Morgan fingerprint density at radius 2 is 1.90 bits per heavy atom. The van der Waals surface area contributed by atoms with Crippen LogP contribution in [0.25, 0.3) is 11.9 Å². The monoisotopic (exact) mass is 297 g/mol. The highest BCUT2D eigenvalue weighted by Crippen LogP contribution is 2.17. The molecule has 7 heteroatoms. The van der Waals surface area contributed by atoms with Crippen molar-refractivity contribution in [3.8, 4) is 5.69 Å². The molecule has 0 bridgehead atoms. The van der Waals surface area contributed by atoms with Crippen LogP contribution in [0.15, 0.2) is 70.0 Å². The molecule has 2 heterocycles. The van der Waals surface area contributed by atoms with Gasteiger partial charge >= 0.3 is 5.69 Å². The van der Waals surface area contributed by atoms with Gasteiger partial charge in [0.2, 0.25) is 0 Å². The second-order valence-corrected chi connectivity index (χ2v) is 5.02. The van der Waals surface area contributed by atoms with Gasteiger partial charge in [0.05, 0.1) is 11.9 Å². The summed E-state index contributed by atoms with van der Waals surface area (Å²) in [5.74, 6) is 0. The van der Waals surface area contributed by atoms with E-state index in [1.54, 1.807) is 36.1 Å². The topological polar surface area (TPSA) is 65.6 Å². The Balaban J connectivity index is 1.79. The third-order valence-electron chi connectivity index (χ3n) is 2.64. The number of hydrogen-bond acceptors (Lipinski definition) is 5. The van der Waals surface area contributed by atoms with Gasteiger partial charge in [0.15, 0.2) is 0 Å². The predicted octanol–water partition coefficient (Wildman–Crippen LogP) is 2.04. The number of tetrazole rings is 1. The highest BCUT2D eigenvalue weighted by molar-refractivity contribution is 8.02. The minimum Gasteiger partial charge on any atom is -0.262 e. The number of hydrogen-bond donors (Lipinski definition) is 0. The molecule has 3 aromatic rings. The van der Waals surface area contributed by atoms with Crippen LogP contribution in [0.3, 0.4) is 0 Å². The van der Waals surface area contributed by atoms with Crippen molar-refractivity contribution in [2.45, 2.75) is 4.90 Å². The number of benzene rings is 1. The third-order valence-corrected chi connectivity index (χ3v) is 3.44. The zero-order valence-electron chi connectivity index (χ0n) is 10.9. The first-order valence-electron chi connectivity index (χ1n) is 6.18. The number of rotatable bonds is 4. The molecular weight excluding hydrogens is 286 g/mol. The van der Waals surface area contributed by atoms with Gasteiger partial charge in [0.1, 0.15) is 0 Å². The fourth-order valence-electron chi connectivity index (χ4n) is 1.66. The quantitative estimate of drug-likeness (QED) is 0.690. The molecule has 0 amide bonds. The van der Waals surface area contributed by atoms with E-state index in [0.29, 0.717) is 5.69 Å². The van der Waals surface area contributed by atoms with Crippen molar-refractivity contribution in [1.82, 2.24) is 24.8 Å². The first-order chi connectivity index (χ1) is 10.3. The summed E-state index contributed by atoms with van der Waals surface area (Å²) in [5.41, 5.74) is 0.241. The maximum absolute atomic E-state index is 12.1. The van der Waals surface area contributed by atoms with Crippen molar-refractivity contribution >= 4 is 18.0 Å². The minimum absolute atomic E-state index is 0.340. The summed E-state index contributed by atoms with van der Waals surface area (Å²) in [7, 11) is 0. The van der Waals surface area contributed by atoms with Crippen LogP contribution in [0.2, 0.25) is 0 Å². The molecular formula is C14H11N5OS. The summed E-state index contributed by atoms with van der Waals surface area (Å²) in [5, 5.41) is 9.43. The molecule has 0 aliphatic carbocycles. The van der Waals surface area contributed by atoms with Gasteiger partial charge in [-0.1, -0.05) is 30.0 Å². The largest absolute Gasteiger partial charge is 0.372 e. The zero-order valence-corrected chi connectivity index (χ0v) is 11.7. The molecule has 0 atom stereocenters. The van der Waals surface area contributed by atoms with Gasteiger partial charge in [0, 0.05) is 17.3 Å². The summed E-state index contributed by atoms with van der Waals surface area (Å²) >= 11 is 1.50. The lowest BCUT2D eigenvalue weighted by atomic mass is 10.4. The van der Waals surface area contributed by atoms with E-state index in [4.69, 9.17) is 0 Å². The summed E-state index contributed by atoms with van der Waals surface area (Å²) in [6, 6.07) is 13.3. The number of thioether (sulfide) groups is 1. The van der Waals surface area contributed by atoms with E-state index < -0.39 is 0 Å². The molecule has 0 saturated heterocycles. The van der Waals surface area contributed by atoms with Crippen LogP contribution in [0, 0.1) is 0 Å². The fraction of sp³-hybridized carbons (Fsp3) is 0. The first-order valence-corrected chi connectivity index (χ1v) is 7.06. The molecule has 0 spiro atoms. The molecule has 104 valence electrons. The van der Waals surface area contributed by atoms with Gasteiger partial charge in [-0.15, -0.1) is 0 Å². The summed E-state index contributed by atoms with van der Waals surface area (Å²) in [6.07, 6.45) is 4.78. The van der Waals surface area contributed by atoms with E-state index in [-0.39, 0.29) is 5.69 Å². The average Bonchev–Trinajstić information content (AvgIpc) is 2.90. The van der Waals surface area contributed by atoms with Crippen LogP contribution in [-0.4, -0.2) is 24.8 Å². The van der Waals surface area contributed by atoms with E-state index >= 15 is 0 Å². The number of pyridine rings is 1. The molecule has 2 aromatic heterocycles. The maximum Gasteiger partial charge on any atom is 0.372 e. The Labute approximate surface area is 124 Å². The van der Waals surface area contributed by atoms with Crippen molar-refractivity contribution < 1.29 is 0 Å². The Bertz CT molecular complexity index is 795. The summed E-state index contributed by atoms with van der Waals surface area (Å²) < 4.78 is 2.38. The molecule has 0 radical (unpaired) electrons. The Morgan fingerprint density at radius 3 is 2.67 bits per heavy atom. The lowest BCUT2D eigenvalue weighted by molar-refractivity contribution is 0.765. The second kappa shape index (κ2) is 6.19. The SMILES string of the molecule is O=c1n(/C=C/Sc2ccccc2)nnn1-c1cccnc1. The van der Waals surface area contributed by atoms with Gasteiger partial charge in [-0.05, 0) is 40.1 Å². The molecule has 0 unspecified atom stereocenters. The van der Waals surface area contributed by atoms with Crippen LogP contribution < -0.4 is 5.69 Å². The highest BCUT2D eigenvalue weighted by atomic mass is 32.2. The van der Waals surface area contributed by atoms with Crippen LogP contribution in [-0.2, 0) is 0 Å². The standard InChI is InChI=1S/C14H11N5OS/c20-14-18(9-10-21-13-6-2-1-3-7-13)16-17-19(14)12-5-4-8-15-11-12/h1-11H/b10-9+. The van der Waals surface area contributed by atoms with Crippen molar-refractivity contribution in [2.75, 3.05) is 0 Å². The van der Waals surface area contributed by atoms with Gasteiger partial charge in [-0.25, -0.2) is 4.79 Å². The van der Waals surface area contributed by atoms with Gasteiger partial charge < -0.3 is 0 Å². The molecule has 0 aliphatic heterocycles. The van der Waals surface area contributed by atoms with Crippen molar-refractivity contribution in [3.05, 3.63) is 70.8 Å². The maximum atomic E-state index is 12.1. The van der Waals surface area contributed by atoms with E-state index in [1.807, 2.05) is 30.3 Å². The molecule has 3 rings (SSSR count). The van der Waals surface area contributed by atoms with Crippen LogP contribution in [0.5, 0.6) is 0 Å². The Hall–Kier alpha value is -2.67. The normalized spacial score (nSPS) is 11.0. The molecule has 21 heavy (non-hydrogen) atoms. The molecule has 6 nitrogen and oxygen atoms in total. The zero-order chi connectivity index (χ0) is 14.5. The van der Waals surface area contributed by atoms with E-state index in [0.717, 1.165) is 4.90 Å². The van der Waals surface area contributed by atoms with Crippen molar-refractivity contribution in [1.29, 1.82) is 0 Å². The van der Waals surface area contributed by atoms with Crippen LogP contribution in [0.1, 0.15) is 0 Å². The molecule has 0 aliphatic rings. The van der Waals surface area contributed by atoms with E-state index in [2.05, 4.69) is 15.4 Å². The Morgan fingerprint density at radius 1 is 1.05 bits per heavy atom. The van der Waals surface area contributed by atoms with Gasteiger partial charge in [0.25, 0.3) is 0 Å². The number of aromatic nitrogens is 5. The average molecular weight is 297 g/mol. The van der Waals surface area contributed by atoms with Crippen LogP contribution in [0.4, 0.5) is 0 Å². The highest BCUT2D eigenvalue weighted by Gasteiger charge is 2.06. The fourth-order valence-corrected chi connectivity index (χ4v) is 2.30. The summed E-state index contributed by atoms with van der Waals surface area (Å²) in [4.78, 5) is 17.2. The molecule has 1 aromatic carbocycles. The van der Waals surface area contributed by atoms with Crippen molar-refractivity contribution in [3.63, 3.8) is 0 Å². The predicted molar refractivity (Wildman–Crippen MR) is 81.0 cm³/mol. The lowest BCUT2D eigenvalue weighted by Gasteiger charge is -1.95. The number of nitrogens with zero attached hydrogens (tertiary/aromatic N) is 5. The Kier molecular flexibility index (Phi) is 3.92. The molecule has 0 N–H and O–H groups in total. The smallest absolute Gasteiger partial charge is 0.262 e. The third kappa shape index (κ3) is 3.09. The second-order valence-electron chi connectivity index (χ2n) is 4.05. The minimum atomic E-state index is -0.340. The van der Waals surface area contributed by atoms with E-state index in [1.165, 1.54) is 21.1 Å².